The second kappa shape index (κ2) is 8.03. The molecular weight excluding hydrogens is 316 g/mol. The van der Waals surface area contributed by atoms with E-state index >= 15 is 0 Å². The van der Waals surface area contributed by atoms with Crippen LogP contribution in [-0.4, -0.2) is 37.3 Å². The number of hydrogen-bond acceptors (Lipinski definition) is 4. The zero-order chi connectivity index (χ0) is 17.6. The molecule has 5 heteroatoms. The Morgan fingerprint density at radius 2 is 1.88 bits per heavy atom. The van der Waals surface area contributed by atoms with Gasteiger partial charge in [0.25, 0.3) is 0 Å². The van der Waals surface area contributed by atoms with Crippen molar-refractivity contribution in [2.24, 2.45) is 5.73 Å². The van der Waals surface area contributed by atoms with Crippen molar-refractivity contribution in [3.8, 4) is 5.75 Å². The van der Waals surface area contributed by atoms with Gasteiger partial charge in [-0.05, 0) is 36.2 Å². The molecule has 0 spiro atoms. The number of likely N-dealkylation sites (tertiary alicyclic amines) is 1. The van der Waals surface area contributed by atoms with E-state index in [1.165, 1.54) is 5.56 Å². The number of amides is 1. The van der Waals surface area contributed by atoms with Crippen molar-refractivity contribution >= 4 is 6.09 Å². The van der Waals surface area contributed by atoms with Crippen LogP contribution in [0.4, 0.5) is 4.79 Å². The van der Waals surface area contributed by atoms with Crippen molar-refractivity contribution in [3.05, 3.63) is 65.7 Å². The number of hydrogen-bond donors (Lipinski definition) is 1. The van der Waals surface area contributed by atoms with Crippen molar-refractivity contribution in [3.63, 3.8) is 0 Å². The fraction of sp³-hybridized carbons (Fsp3) is 0.350. The number of ether oxygens (including phenoxy) is 2. The van der Waals surface area contributed by atoms with E-state index in [2.05, 4.69) is 17.0 Å². The zero-order valence-electron chi connectivity index (χ0n) is 14.4. The molecule has 0 bridgehead atoms. The van der Waals surface area contributed by atoms with E-state index in [1.807, 2.05) is 42.5 Å². The Labute approximate surface area is 148 Å². The summed E-state index contributed by atoms with van der Waals surface area (Å²) in [5.41, 5.74) is 7.71. The van der Waals surface area contributed by atoms with Crippen LogP contribution in [0.5, 0.6) is 5.75 Å². The van der Waals surface area contributed by atoms with Crippen LogP contribution in [0.15, 0.2) is 54.6 Å². The van der Waals surface area contributed by atoms with Crippen molar-refractivity contribution in [1.82, 2.24) is 4.90 Å². The topological polar surface area (TPSA) is 64.8 Å². The van der Waals surface area contributed by atoms with Crippen LogP contribution < -0.4 is 10.5 Å². The molecule has 0 aliphatic carbocycles. The van der Waals surface area contributed by atoms with Gasteiger partial charge in [-0.2, -0.15) is 0 Å². The number of carbonyl (C=O) groups is 1. The minimum absolute atomic E-state index is 0.144. The van der Waals surface area contributed by atoms with E-state index in [1.54, 1.807) is 7.11 Å². The molecule has 0 aromatic heterocycles. The largest absolute Gasteiger partial charge is 0.497 e. The summed E-state index contributed by atoms with van der Waals surface area (Å²) in [6, 6.07) is 18.3. The highest BCUT2D eigenvalue weighted by molar-refractivity contribution is 5.65. The van der Waals surface area contributed by atoms with Gasteiger partial charge in [-0.15, -0.1) is 0 Å². The lowest BCUT2D eigenvalue weighted by molar-refractivity contribution is 0.0293. The summed E-state index contributed by atoms with van der Waals surface area (Å²) in [4.78, 5) is 13.7. The average molecular weight is 340 g/mol. The first-order valence-corrected chi connectivity index (χ1v) is 8.52. The minimum atomic E-state index is -0.718. The predicted molar refractivity (Wildman–Crippen MR) is 96.5 cm³/mol. The molecule has 25 heavy (non-hydrogen) atoms. The van der Waals surface area contributed by atoms with Crippen LogP contribution >= 0.6 is 0 Å². The molecule has 2 aromatic carbocycles. The molecule has 1 heterocycles. The first-order valence-electron chi connectivity index (χ1n) is 8.52. The quantitative estimate of drug-likeness (QED) is 0.908. The van der Waals surface area contributed by atoms with Gasteiger partial charge in [0.2, 0.25) is 0 Å². The molecular formula is C20H24N2O3. The highest BCUT2D eigenvalue weighted by Crippen LogP contribution is 2.32. The third-order valence-electron chi connectivity index (χ3n) is 4.70. The molecule has 1 amide bonds. The van der Waals surface area contributed by atoms with E-state index in [0.717, 1.165) is 30.8 Å². The van der Waals surface area contributed by atoms with Gasteiger partial charge in [-0.25, -0.2) is 4.79 Å². The van der Waals surface area contributed by atoms with Crippen molar-refractivity contribution in [2.45, 2.75) is 25.0 Å². The van der Waals surface area contributed by atoms with Crippen molar-refractivity contribution < 1.29 is 14.3 Å². The van der Waals surface area contributed by atoms with Gasteiger partial charge in [0, 0.05) is 19.0 Å². The fourth-order valence-corrected chi connectivity index (χ4v) is 3.47. The number of benzene rings is 2. The Morgan fingerprint density at radius 3 is 2.52 bits per heavy atom. The van der Waals surface area contributed by atoms with Gasteiger partial charge in [-0.3, -0.25) is 4.90 Å². The minimum Gasteiger partial charge on any atom is -0.497 e. The first-order chi connectivity index (χ1) is 12.2. The number of primary amides is 1. The average Bonchev–Trinajstić information content (AvgIpc) is 2.62. The van der Waals surface area contributed by atoms with Crippen LogP contribution in [0.25, 0.3) is 0 Å². The van der Waals surface area contributed by atoms with Crippen molar-refractivity contribution in [2.75, 3.05) is 20.2 Å². The molecule has 1 fully saturated rings. The van der Waals surface area contributed by atoms with Crippen LogP contribution in [0, 0.1) is 0 Å². The zero-order valence-corrected chi connectivity index (χ0v) is 14.4. The maximum atomic E-state index is 11.4. The highest BCUT2D eigenvalue weighted by Gasteiger charge is 2.32. The summed E-state index contributed by atoms with van der Waals surface area (Å²) in [6.07, 6.45) is -0.0506. The maximum Gasteiger partial charge on any atom is 0.404 e. The Balaban J connectivity index is 1.72. The molecule has 1 aliphatic heterocycles. The van der Waals surface area contributed by atoms with Crippen LogP contribution in [0.3, 0.4) is 0 Å². The second-order valence-corrected chi connectivity index (χ2v) is 6.36. The Bertz CT molecular complexity index is 688. The molecule has 0 saturated carbocycles. The lowest BCUT2D eigenvalue weighted by Crippen LogP contribution is -2.45. The summed E-state index contributed by atoms with van der Waals surface area (Å²) in [7, 11) is 1.65. The first kappa shape index (κ1) is 17.3. The van der Waals surface area contributed by atoms with Crippen LogP contribution in [-0.2, 0) is 11.3 Å². The second-order valence-electron chi connectivity index (χ2n) is 6.36. The van der Waals surface area contributed by atoms with E-state index in [-0.39, 0.29) is 12.0 Å². The van der Waals surface area contributed by atoms with Crippen molar-refractivity contribution in [1.29, 1.82) is 0 Å². The number of nitrogens with zero attached hydrogens (tertiary/aromatic N) is 1. The number of nitrogens with two attached hydrogens (primary N) is 1. The third kappa shape index (κ3) is 4.51. The lowest BCUT2D eigenvalue weighted by Gasteiger charge is -2.38. The maximum absolute atomic E-state index is 11.4. The molecule has 132 valence electrons. The molecule has 0 radical (unpaired) electrons. The normalized spacial score (nSPS) is 20.8. The van der Waals surface area contributed by atoms with E-state index in [0.29, 0.717) is 6.54 Å². The molecule has 2 N–H and O–H groups in total. The van der Waals surface area contributed by atoms with Gasteiger partial charge in [0.1, 0.15) is 11.9 Å². The van der Waals surface area contributed by atoms with Gasteiger partial charge >= 0.3 is 6.09 Å². The number of piperidine rings is 1. The van der Waals surface area contributed by atoms with Gasteiger partial charge in [0.15, 0.2) is 0 Å². The van der Waals surface area contributed by atoms with E-state index in [9.17, 15) is 4.79 Å². The van der Waals surface area contributed by atoms with Crippen LogP contribution in [0.2, 0.25) is 0 Å². The number of rotatable bonds is 5. The fourth-order valence-electron chi connectivity index (χ4n) is 3.47. The summed E-state index contributed by atoms with van der Waals surface area (Å²) >= 11 is 0. The SMILES string of the molecule is COc1ccc(C2CCN(Cc3ccccc3)CC2OC(N)=O)cc1. The standard InChI is InChI=1S/C20H24N2O3/c1-24-17-9-7-16(8-10-17)18-11-12-22(14-19(18)25-20(21)23)13-15-5-3-2-4-6-15/h2-10,18-19H,11-14H2,1H3,(H2,21,23). The molecule has 2 atom stereocenters. The van der Waals surface area contributed by atoms with Gasteiger partial charge < -0.3 is 15.2 Å². The molecule has 2 aromatic rings. The number of methoxy groups -OCH3 is 1. The molecule has 1 saturated heterocycles. The van der Waals surface area contributed by atoms with E-state index in [4.69, 9.17) is 15.2 Å². The Hall–Kier alpha value is -2.53. The Morgan fingerprint density at radius 1 is 1.16 bits per heavy atom. The monoisotopic (exact) mass is 340 g/mol. The van der Waals surface area contributed by atoms with Gasteiger partial charge in [0.05, 0.1) is 7.11 Å². The summed E-state index contributed by atoms with van der Waals surface area (Å²) < 4.78 is 10.7. The molecule has 1 aliphatic rings. The van der Waals surface area contributed by atoms with Crippen LogP contribution in [0.1, 0.15) is 23.5 Å². The summed E-state index contributed by atoms with van der Waals surface area (Å²) in [5.74, 6) is 0.961. The smallest absolute Gasteiger partial charge is 0.404 e. The molecule has 2 unspecified atom stereocenters. The highest BCUT2D eigenvalue weighted by atomic mass is 16.6. The molecule has 3 rings (SSSR count). The van der Waals surface area contributed by atoms with Gasteiger partial charge in [-0.1, -0.05) is 42.5 Å². The molecule has 5 nitrogen and oxygen atoms in total. The third-order valence-corrected chi connectivity index (χ3v) is 4.70. The summed E-state index contributed by atoms with van der Waals surface area (Å²) in [6.45, 7) is 2.47. The lowest BCUT2D eigenvalue weighted by atomic mass is 9.86. The number of carbonyl (C=O) groups excluding carboxylic acids is 1. The summed E-state index contributed by atoms with van der Waals surface area (Å²) in [5, 5.41) is 0. The Kier molecular flexibility index (Phi) is 5.56. The predicted octanol–water partition coefficient (Wildman–Crippen LogP) is 3.15. The van der Waals surface area contributed by atoms with E-state index < -0.39 is 6.09 Å².